The predicted molar refractivity (Wildman–Crippen MR) is 70.1 cm³/mol. The second kappa shape index (κ2) is 5.71. The summed E-state index contributed by atoms with van der Waals surface area (Å²) in [4.78, 5) is 24.2. The average molecular weight is 264 g/mol. The molecule has 0 amide bonds. The molecule has 0 bridgehead atoms. The van der Waals surface area contributed by atoms with Crippen LogP contribution in [-0.2, 0) is 4.79 Å². The van der Waals surface area contributed by atoms with Gasteiger partial charge in [-0.05, 0) is 37.6 Å². The van der Waals surface area contributed by atoms with Gasteiger partial charge in [0.2, 0.25) is 0 Å². The molecular weight excluding hydrogens is 248 g/mol. The van der Waals surface area contributed by atoms with Crippen LogP contribution in [0.4, 0.5) is 0 Å². The third-order valence-electron chi connectivity index (χ3n) is 3.08. The first-order chi connectivity index (χ1) is 9.10. The van der Waals surface area contributed by atoms with Gasteiger partial charge in [0.05, 0.1) is 5.52 Å². The first kappa shape index (κ1) is 13.4. The molecule has 6 heteroatoms. The molecular formula is C13H16N2O4. The Hall–Kier alpha value is -2.08. The molecule has 102 valence electrons. The average Bonchev–Trinajstić information content (AvgIpc) is 2.73. The number of carbonyl (C=O) groups is 1. The molecule has 0 radical (unpaired) electrons. The maximum absolute atomic E-state index is 11.1. The largest absolute Gasteiger partial charge is 0.481 e. The van der Waals surface area contributed by atoms with Crippen LogP contribution in [0.5, 0.6) is 0 Å². The van der Waals surface area contributed by atoms with E-state index in [0.717, 1.165) is 12.0 Å². The van der Waals surface area contributed by atoms with E-state index in [1.54, 1.807) is 6.07 Å². The molecule has 19 heavy (non-hydrogen) atoms. The summed E-state index contributed by atoms with van der Waals surface area (Å²) in [5.74, 6) is -1.26. The van der Waals surface area contributed by atoms with Gasteiger partial charge in [-0.3, -0.25) is 9.78 Å². The Bertz CT molecular complexity index is 629. The first-order valence-corrected chi connectivity index (χ1v) is 6.12. The van der Waals surface area contributed by atoms with E-state index in [0.29, 0.717) is 17.5 Å². The minimum absolute atomic E-state index is 0.0575. The van der Waals surface area contributed by atoms with E-state index in [1.807, 2.05) is 19.2 Å². The topological polar surface area (TPSA) is 95.3 Å². The first-order valence-electron chi connectivity index (χ1n) is 6.12. The fourth-order valence-corrected chi connectivity index (χ4v) is 2.12. The number of fused-ring (bicyclic) bond motifs is 1. The number of benzene rings is 1. The van der Waals surface area contributed by atoms with E-state index in [2.05, 4.69) is 10.3 Å². The van der Waals surface area contributed by atoms with Crippen LogP contribution < -0.4 is 11.1 Å². The van der Waals surface area contributed by atoms with E-state index >= 15 is 0 Å². The summed E-state index contributed by atoms with van der Waals surface area (Å²) >= 11 is 0. The number of aliphatic carboxylic acids is 1. The standard InChI is InChI=1S/C13H16N2O4/c1-14-9(3-2-4-12(16)17)8-5-6-11-10(7-8)15-13(18)19-11/h5-7,9,14H,2-4H2,1H3,(H,15,18)(H,16,17). The lowest BCUT2D eigenvalue weighted by Gasteiger charge is -2.15. The molecule has 1 aromatic carbocycles. The van der Waals surface area contributed by atoms with Gasteiger partial charge in [0.25, 0.3) is 0 Å². The summed E-state index contributed by atoms with van der Waals surface area (Å²) < 4.78 is 4.94. The van der Waals surface area contributed by atoms with Gasteiger partial charge in [0.1, 0.15) is 0 Å². The number of carboxylic acid groups (broad SMARTS) is 1. The van der Waals surface area contributed by atoms with E-state index in [4.69, 9.17) is 9.52 Å². The molecule has 0 fully saturated rings. The van der Waals surface area contributed by atoms with Crippen molar-refractivity contribution in [1.82, 2.24) is 10.3 Å². The summed E-state index contributed by atoms with van der Waals surface area (Å²) in [6.45, 7) is 0. The number of H-pyrrole nitrogens is 1. The number of hydrogen-bond donors (Lipinski definition) is 3. The highest BCUT2D eigenvalue weighted by Crippen LogP contribution is 2.22. The van der Waals surface area contributed by atoms with Crippen molar-refractivity contribution in [2.75, 3.05) is 7.05 Å². The lowest BCUT2D eigenvalue weighted by atomic mass is 10.0. The van der Waals surface area contributed by atoms with Crippen molar-refractivity contribution < 1.29 is 14.3 Å². The minimum atomic E-state index is -0.788. The van der Waals surface area contributed by atoms with Crippen LogP contribution in [-0.4, -0.2) is 23.1 Å². The van der Waals surface area contributed by atoms with Gasteiger partial charge in [-0.25, -0.2) is 4.79 Å². The van der Waals surface area contributed by atoms with Gasteiger partial charge in [0.15, 0.2) is 5.58 Å². The normalized spacial score (nSPS) is 12.7. The van der Waals surface area contributed by atoms with E-state index in [1.165, 1.54) is 0 Å². The highest BCUT2D eigenvalue weighted by Gasteiger charge is 2.12. The number of oxazole rings is 1. The maximum Gasteiger partial charge on any atom is 0.417 e. The monoisotopic (exact) mass is 264 g/mol. The Balaban J connectivity index is 2.15. The zero-order valence-electron chi connectivity index (χ0n) is 10.6. The maximum atomic E-state index is 11.1. The highest BCUT2D eigenvalue weighted by molar-refractivity contribution is 5.73. The van der Waals surface area contributed by atoms with Crippen LogP contribution in [0.1, 0.15) is 30.9 Å². The summed E-state index contributed by atoms with van der Waals surface area (Å²) in [6, 6.07) is 5.52. The Morgan fingerprint density at radius 3 is 3.00 bits per heavy atom. The fourth-order valence-electron chi connectivity index (χ4n) is 2.12. The molecule has 0 saturated carbocycles. The highest BCUT2D eigenvalue weighted by atomic mass is 16.4. The van der Waals surface area contributed by atoms with Crippen LogP contribution in [0.15, 0.2) is 27.4 Å². The zero-order chi connectivity index (χ0) is 13.8. The van der Waals surface area contributed by atoms with Crippen LogP contribution >= 0.6 is 0 Å². The van der Waals surface area contributed by atoms with Gasteiger partial charge in [-0.2, -0.15) is 0 Å². The molecule has 2 aromatic rings. The second-order valence-corrected chi connectivity index (χ2v) is 4.40. The quantitative estimate of drug-likeness (QED) is 0.737. The molecule has 0 aliphatic rings. The Morgan fingerprint density at radius 1 is 1.53 bits per heavy atom. The van der Waals surface area contributed by atoms with Crippen LogP contribution in [0.2, 0.25) is 0 Å². The Kier molecular flexibility index (Phi) is 4.01. The van der Waals surface area contributed by atoms with Crippen molar-refractivity contribution in [3.05, 3.63) is 34.3 Å². The SMILES string of the molecule is CNC(CCCC(=O)O)c1ccc2oc(=O)[nH]c2c1. The molecule has 0 saturated heterocycles. The molecule has 0 aliphatic heterocycles. The van der Waals surface area contributed by atoms with Gasteiger partial charge in [-0.15, -0.1) is 0 Å². The number of hydrogen-bond acceptors (Lipinski definition) is 4. The number of rotatable bonds is 6. The van der Waals surface area contributed by atoms with Crippen molar-refractivity contribution in [3.8, 4) is 0 Å². The molecule has 3 N–H and O–H groups in total. The lowest BCUT2D eigenvalue weighted by Crippen LogP contribution is -2.16. The van der Waals surface area contributed by atoms with Gasteiger partial charge < -0.3 is 14.8 Å². The second-order valence-electron chi connectivity index (χ2n) is 4.40. The summed E-state index contributed by atoms with van der Waals surface area (Å²) in [5.41, 5.74) is 2.17. The van der Waals surface area contributed by atoms with E-state index < -0.39 is 11.7 Å². The molecule has 1 aromatic heterocycles. The van der Waals surface area contributed by atoms with Gasteiger partial charge in [-0.1, -0.05) is 6.07 Å². The molecule has 1 heterocycles. The summed E-state index contributed by atoms with van der Waals surface area (Å²) in [5, 5.41) is 11.8. The number of aromatic nitrogens is 1. The number of aromatic amines is 1. The molecule has 6 nitrogen and oxygen atoms in total. The predicted octanol–water partition coefficient (Wildman–Crippen LogP) is 1.64. The Morgan fingerprint density at radius 2 is 2.32 bits per heavy atom. The van der Waals surface area contributed by atoms with Crippen molar-refractivity contribution in [2.24, 2.45) is 0 Å². The molecule has 2 rings (SSSR count). The van der Waals surface area contributed by atoms with Crippen LogP contribution in [0.25, 0.3) is 11.1 Å². The molecule has 0 aliphatic carbocycles. The van der Waals surface area contributed by atoms with Gasteiger partial charge >= 0.3 is 11.7 Å². The van der Waals surface area contributed by atoms with Crippen molar-refractivity contribution in [3.63, 3.8) is 0 Å². The zero-order valence-corrected chi connectivity index (χ0v) is 10.6. The van der Waals surface area contributed by atoms with Crippen LogP contribution in [0.3, 0.4) is 0 Å². The third-order valence-corrected chi connectivity index (χ3v) is 3.08. The van der Waals surface area contributed by atoms with Crippen molar-refractivity contribution >= 4 is 17.1 Å². The molecule has 0 spiro atoms. The number of nitrogens with one attached hydrogen (secondary N) is 2. The van der Waals surface area contributed by atoms with Gasteiger partial charge in [0, 0.05) is 12.5 Å². The third kappa shape index (κ3) is 3.23. The van der Waals surface area contributed by atoms with Crippen molar-refractivity contribution in [1.29, 1.82) is 0 Å². The number of carboxylic acids is 1. The fraction of sp³-hybridized carbons (Fsp3) is 0.385. The van der Waals surface area contributed by atoms with E-state index in [9.17, 15) is 9.59 Å². The van der Waals surface area contributed by atoms with Crippen molar-refractivity contribution in [2.45, 2.75) is 25.3 Å². The summed E-state index contributed by atoms with van der Waals surface area (Å²) in [7, 11) is 1.83. The molecule has 1 atom stereocenters. The van der Waals surface area contributed by atoms with E-state index in [-0.39, 0.29) is 12.5 Å². The lowest BCUT2D eigenvalue weighted by molar-refractivity contribution is -0.137. The molecule has 1 unspecified atom stereocenters. The van der Waals surface area contributed by atoms with Crippen LogP contribution in [0, 0.1) is 0 Å². The summed E-state index contributed by atoms with van der Waals surface area (Å²) in [6.07, 6.45) is 1.47. The minimum Gasteiger partial charge on any atom is -0.481 e. The smallest absolute Gasteiger partial charge is 0.417 e. The Labute approximate surface area is 109 Å².